The molecule has 2 bridgehead atoms. The van der Waals surface area contributed by atoms with E-state index in [0.717, 1.165) is 69.5 Å². The first kappa shape index (κ1) is 26.7. The van der Waals surface area contributed by atoms with E-state index in [1.54, 1.807) is 28.4 Å². The van der Waals surface area contributed by atoms with Crippen molar-refractivity contribution in [1.82, 2.24) is 9.80 Å². The Morgan fingerprint density at radius 2 is 1.39 bits per heavy atom. The van der Waals surface area contributed by atoms with Gasteiger partial charge in [-0.25, -0.2) is 0 Å². The molecule has 2 saturated heterocycles. The fourth-order valence-corrected chi connectivity index (χ4v) is 7.21. The number of piperidine rings is 1. The number of carbonyl (C=O) groups excluding carboxylic acids is 1. The van der Waals surface area contributed by atoms with E-state index >= 15 is 0 Å². The third kappa shape index (κ3) is 4.93. The van der Waals surface area contributed by atoms with Crippen LogP contribution in [0, 0.1) is 5.92 Å². The summed E-state index contributed by atoms with van der Waals surface area (Å²) in [6.07, 6.45) is 7.46. The Morgan fingerprint density at radius 3 is 1.92 bits per heavy atom. The lowest BCUT2D eigenvalue weighted by atomic mass is 9.89. The van der Waals surface area contributed by atoms with Crippen molar-refractivity contribution >= 4 is 5.91 Å². The number of hydrogen-bond acceptors (Lipinski definition) is 6. The van der Waals surface area contributed by atoms with Crippen LogP contribution < -0.4 is 18.9 Å². The van der Waals surface area contributed by atoms with Gasteiger partial charge in [-0.15, -0.1) is 0 Å². The molecule has 1 aliphatic carbocycles. The topological polar surface area (TPSA) is 60.5 Å². The zero-order valence-corrected chi connectivity index (χ0v) is 23.5. The monoisotopic (exact) mass is 522 g/mol. The van der Waals surface area contributed by atoms with Crippen LogP contribution in [-0.4, -0.2) is 75.4 Å². The molecule has 0 radical (unpaired) electrons. The van der Waals surface area contributed by atoms with Crippen LogP contribution in [0.4, 0.5) is 0 Å². The normalized spacial score (nSPS) is 22.5. The molecule has 0 saturated carbocycles. The smallest absolute Gasteiger partial charge is 0.254 e. The van der Waals surface area contributed by atoms with Crippen molar-refractivity contribution in [2.24, 2.45) is 5.92 Å². The summed E-state index contributed by atoms with van der Waals surface area (Å²) in [5.74, 6) is 3.90. The highest BCUT2D eigenvalue weighted by Crippen LogP contribution is 2.42. The van der Waals surface area contributed by atoms with Gasteiger partial charge in [-0.2, -0.15) is 0 Å². The van der Waals surface area contributed by atoms with Gasteiger partial charge in [0.05, 0.1) is 28.4 Å². The van der Waals surface area contributed by atoms with Crippen molar-refractivity contribution < 1.29 is 23.7 Å². The highest BCUT2D eigenvalue weighted by Gasteiger charge is 2.44. The Balaban J connectivity index is 1.28. The van der Waals surface area contributed by atoms with Crippen molar-refractivity contribution in [3.63, 3.8) is 0 Å². The molecular formula is C31H42N2O5. The molecule has 0 N–H and O–H groups in total. The molecule has 0 spiro atoms. The summed E-state index contributed by atoms with van der Waals surface area (Å²) >= 11 is 0. The van der Waals surface area contributed by atoms with E-state index in [1.807, 2.05) is 30.3 Å². The number of nitrogens with zero attached hydrogens (tertiary/aromatic N) is 2. The van der Waals surface area contributed by atoms with E-state index in [4.69, 9.17) is 18.9 Å². The average molecular weight is 523 g/mol. The first-order valence-corrected chi connectivity index (χ1v) is 14.0. The molecule has 7 heteroatoms. The minimum atomic E-state index is 0.118. The Hall–Kier alpha value is -2.93. The van der Waals surface area contributed by atoms with Gasteiger partial charge < -0.3 is 23.8 Å². The van der Waals surface area contributed by atoms with Crippen molar-refractivity contribution in [3.8, 4) is 23.0 Å². The predicted molar refractivity (Wildman–Crippen MR) is 148 cm³/mol. The highest BCUT2D eigenvalue weighted by atomic mass is 16.5. The molecule has 2 unspecified atom stereocenters. The summed E-state index contributed by atoms with van der Waals surface area (Å²) in [5.41, 5.74) is 3.28. The van der Waals surface area contributed by atoms with Crippen LogP contribution in [0.2, 0.25) is 0 Å². The van der Waals surface area contributed by atoms with Gasteiger partial charge in [-0.1, -0.05) is 6.92 Å². The maximum absolute atomic E-state index is 13.6. The van der Waals surface area contributed by atoms with Gasteiger partial charge in [-0.05, 0) is 87.7 Å². The summed E-state index contributed by atoms with van der Waals surface area (Å²) in [4.78, 5) is 18.5. The Kier molecular flexibility index (Phi) is 8.03. The second kappa shape index (κ2) is 11.4. The number of benzene rings is 2. The quantitative estimate of drug-likeness (QED) is 0.439. The molecule has 2 aromatic rings. The lowest BCUT2D eigenvalue weighted by Crippen LogP contribution is -2.49. The van der Waals surface area contributed by atoms with E-state index in [2.05, 4.69) is 16.7 Å². The molecule has 5 rings (SSSR count). The van der Waals surface area contributed by atoms with Crippen molar-refractivity contribution in [1.29, 1.82) is 0 Å². The first-order chi connectivity index (χ1) is 18.5. The molecule has 0 aromatic heterocycles. The lowest BCUT2D eigenvalue weighted by Gasteiger charge is -2.41. The fourth-order valence-electron chi connectivity index (χ4n) is 7.21. The minimum Gasteiger partial charge on any atom is -0.496 e. The zero-order valence-electron chi connectivity index (χ0n) is 23.5. The molecular weight excluding hydrogens is 480 g/mol. The molecule has 3 aliphatic rings. The third-order valence-electron chi connectivity index (χ3n) is 8.88. The number of ether oxygens (including phenoxy) is 4. The van der Waals surface area contributed by atoms with Gasteiger partial charge in [-0.3, -0.25) is 9.69 Å². The number of hydrogen-bond donors (Lipinski definition) is 0. The van der Waals surface area contributed by atoms with Crippen molar-refractivity contribution in [3.05, 3.63) is 47.0 Å². The molecule has 7 nitrogen and oxygen atoms in total. The molecule has 38 heavy (non-hydrogen) atoms. The Labute approximate surface area is 227 Å². The average Bonchev–Trinajstić information content (AvgIpc) is 3.50. The van der Waals surface area contributed by atoms with Crippen molar-refractivity contribution in [2.75, 3.05) is 41.5 Å². The lowest BCUT2D eigenvalue weighted by molar-refractivity contribution is 0.0455. The van der Waals surface area contributed by atoms with E-state index < -0.39 is 0 Å². The molecule has 2 fully saturated rings. The SMILES string of the molecule is CCCN(CC1CC2CCC(C1)N2C(=O)c1ccc(OC)c(OC)c1)C1Cc2c(OC)ccc(OC)c2C1. The van der Waals surface area contributed by atoms with Crippen LogP contribution in [0.15, 0.2) is 30.3 Å². The van der Waals surface area contributed by atoms with Crippen LogP contribution in [0.1, 0.15) is 60.5 Å². The van der Waals surface area contributed by atoms with Gasteiger partial charge >= 0.3 is 0 Å². The maximum Gasteiger partial charge on any atom is 0.254 e. The van der Waals surface area contributed by atoms with Crippen LogP contribution in [-0.2, 0) is 12.8 Å². The number of methoxy groups -OCH3 is 4. The third-order valence-corrected chi connectivity index (χ3v) is 8.88. The van der Waals surface area contributed by atoms with Gasteiger partial charge in [0.2, 0.25) is 0 Å². The summed E-state index contributed by atoms with van der Waals surface area (Å²) < 4.78 is 22.2. The molecule has 2 aliphatic heterocycles. The minimum absolute atomic E-state index is 0.118. The number of carbonyl (C=O) groups is 1. The first-order valence-electron chi connectivity index (χ1n) is 14.0. The largest absolute Gasteiger partial charge is 0.496 e. The maximum atomic E-state index is 13.6. The molecule has 2 atom stereocenters. The van der Waals surface area contributed by atoms with E-state index in [-0.39, 0.29) is 5.91 Å². The van der Waals surface area contributed by atoms with Gasteiger partial charge in [0.1, 0.15) is 11.5 Å². The standard InChI is InChI=1S/C31H42N2O5/c1-6-13-32(24-17-25-26(18-24)28(36-3)12-11-27(25)35-2)19-20-14-22-8-9-23(15-20)33(22)31(34)21-7-10-29(37-4)30(16-21)38-5/h7,10-12,16,20,22-24H,6,8-9,13-15,17-19H2,1-5H3. The van der Waals surface area contributed by atoms with Gasteiger partial charge in [0.25, 0.3) is 5.91 Å². The second-order valence-electron chi connectivity index (χ2n) is 11.0. The fraction of sp³-hybridized carbons (Fsp3) is 0.581. The van der Waals surface area contributed by atoms with E-state index in [0.29, 0.717) is 41.1 Å². The highest BCUT2D eigenvalue weighted by molar-refractivity contribution is 5.95. The van der Waals surface area contributed by atoms with E-state index in [9.17, 15) is 4.79 Å². The second-order valence-corrected chi connectivity index (χ2v) is 11.0. The van der Waals surface area contributed by atoms with Crippen LogP contribution in [0.25, 0.3) is 0 Å². The molecule has 2 heterocycles. The van der Waals surface area contributed by atoms with Crippen LogP contribution in [0.5, 0.6) is 23.0 Å². The molecule has 206 valence electrons. The van der Waals surface area contributed by atoms with Gasteiger partial charge in [0.15, 0.2) is 11.5 Å². The molecule has 2 aromatic carbocycles. The van der Waals surface area contributed by atoms with Crippen molar-refractivity contribution in [2.45, 2.75) is 70.0 Å². The summed E-state index contributed by atoms with van der Waals surface area (Å²) in [6.45, 7) is 4.44. The number of fused-ring (bicyclic) bond motifs is 3. The summed E-state index contributed by atoms with van der Waals surface area (Å²) in [6, 6.07) is 10.6. The summed E-state index contributed by atoms with van der Waals surface area (Å²) in [7, 11) is 6.74. The van der Waals surface area contributed by atoms with Gasteiger partial charge in [0, 0.05) is 41.4 Å². The van der Waals surface area contributed by atoms with E-state index in [1.165, 1.54) is 11.1 Å². The van der Waals surface area contributed by atoms with Crippen LogP contribution in [0.3, 0.4) is 0 Å². The van der Waals surface area contributed by atoms with Crippen LogP contribution >= 0.6 is 0 Å². The number of rotatable bonds is 10. The zero-order chi connectivity index (χ0) is 26.8. The predicted octanol–water partition coefficient (Wildman–Crippen LogP) is 4.98. The number of amides is 1. The summed E-state index contributed by atoms with van der Waals surface area (Å²) in [5, 5.41) is 0. The molecule has 1 amide bonds. The Morgan fingerprint density at radius 1 is 0.842 bits per heavy atom. The Bertz CT molecular complexity index is 1100.